The summed E-state index contributed by atoms with van der Waals surface area (Å²) in [5, 5.41) is 0. The summed E-state index contributed by atoms with van der Waals surface area (Å²) in [5.41, 5.74) is 3.54. The van der Waals surface area contributed by atoms with E-state index in [1.807, 2.05) is 17.9 Å². The smallest absolute Gasteiger partial charge is 0.289 e. The topological polar surface area (TPSA) is 45.9 Å². The number of hydrogen-bond donors (Lipinski definition) is 0. The second-order valence-electron chi connectivity index (χ2n) is 6.54. The van der Waals surface area contributed by atoms with E-state index in [2.05, 4.69) is 23.1 Å². The van der Waals surface area contributed by atoms with Crippen LogP contribution >= 0.6 is 0 Å². The number of benzene rings is 1. The van der Waals surface area contributed by atoms with Crippen molar-refractivity contribution >= 4 is 5.91 Å². The number of ether oxygens (including phenoxy) is 1. The van der Waals surface area contributed by atoms with Gasteiger partial charge in [0, 0.05) is 44.7 Å². The van der Waals surface area contributed by atoms with E-state index in [1.165, 1.54) is 11.1 Å². The number of piperazine rings is 1. The van der Waals surface area contributed by atoms with E-state index < -0.39 is 0 Å². The summed E-state index contributed by atoms with van der Waals surface area (Å²) in [6.45, 7) is 6.89. The molecular weight excluding hydrogens is 304 g/mol. The maximum absolute atomic E-state index is 12.5. The second kappa shape index (κ2) is 6.32. The van der Waals surface area contributed by atoms with Crippen molar-refractivity contribution < 1.29 is 13.9 Å². The fourth-order valence-corrected chi connectivity index (χ4v) is 3.44. The Morgan fingerprint density at radius 1 is 1.17 bits per heavy atom. The van der Waals surface area contributed by atoms with E-state index in [-0.39, 0.29) is 5.91 Å². The molecule has 1 aromatic carbocycles. The Morgan fingerprint density at radius 2 is 2.00 bits per heavy atom. The Labute approximate surface area is 141 Å². The number of aryl methyl sites for hydroxylation is 1. The van der Waals surface area contributed by atoms with Crippen molar-refractivity contribution in [2.75, 3.05) is 32.8 Å². The first-order valence-corrected chi connectivity index (χ1v) is 8.51. The molecule has 2 aliphatic heterocycles. The Bertz CT molecular complexity index is 745. The molecule has 2 aromatic rings. The Kier molecular flexibility index (Phi) is 4.02. The highest BCUT2D eigenvalue weighted by atomic mass is 16.5. The number of furan rings is 1. The molecule has 0 spiro atoms. The summed E-state index contributed by atoms with van der Waals surface area (Å²) in [4.78, 5) is 16.8. The van der Waals surface area contributed by atoms with Gasteiger partial charge in [-0.05, 0) is 30.2 Å². The molecule has 24 heavy (non-hydrogen) atoms. The molecule has 126 valence electrons. The van der Waals surface area contributed by atoms with Crippen molar-refractivity contribution in [3.63, 3.8) is 0 Å². The van der Waals surface area contributed by atoms with E-state index in [0.29, 0.717) is 5.76 Å². The lowest BCUT2D eigenvalue weighted by Crippen LogP contribution is -2.48. The largest absolute Gasteiger partial charge is 0.493 e. The lowest BCUT2D eigenvalue weighted by Gasteiger charge is -2.34. The molecule has 4 rings (SSSR count). The predicted octanol–water partition coefficient (Wildman–Crippen LogP) is 2.48. The van der Waals surface area contributed by atoms with Crippen molar-refractivity contribution in [1.29, 1.82) is 0 Å². The van der Waals surface area contributed by atoms with Crippen LogP contribution in [0.15, 0.2) is 34.9 Å². The highest BCUT2D eigenvalue weighted by Gasteiger charge is 2.25. The van der Waals surface area contributed by atoms with E-state index in [4.69, 9.17) is 9.15 Å². The molecular formula is C19H22N2O3. The van der Waals surface area contributed by atoms with Gasteiger partial charge in [0.1, 0.15) is 5.75 Å². The summed E-state index contributed by atoms with van der Waals surface area (Å²) in [6, 6.07) is 8.32. The summed E-state index contributed by atoms with van der Waals surface area (Å²) in [7, 11) is 0. The van der Waals surface area contributed by atoms with Crippen LogP contribution in [0.1, 0.15) is 27.2 Å². The Morgan fingerprint density at radius 3 is 2.75 bits per heavy atom. The molecule has 0 N–H and O–H groups in total. The molecule has 0 bridgehead atoms. The first kappa shape index (κ1) is 15.3. The van der Waals surface area contributed by atoms with Crippen LogP contribution in [0.3, 0.4) is 0 Å². The lowest BCUT2D eigenvalue weighted by atomic mass is 10.1. The summed E-state index contributed by atoms with van der Waals surface area (Å²) < 4.78 is 10.9. The summed E-state index contributed by atoms with van der Waals surface area (Å²) in [5.74, 6) is 1.51. The molecule has 1 fully saturated rings. The first-order valence-electron chi connectivity index (χ1n) is 8.51. The third-order valence-electron chi connectivity index (χ3n) is 4.88. The highest BCUT2D eigenvalue weighted by Crippen LogP contribution is 2.26. The molecule has 3 heterocycles. The molecule has 0 atom stereocenters. The fraction of sp³-hybridized carbons (Fsp3) is 0.421. The van der Waals surface area contributed by atoms with Gasteiger partial charge < -0.3 is 14.1 Å². The second-order valence-corrected chi connectivity index (χ2v) is 6.54. The number of carbonyl (C=O) groups excluding carboxylic acids is 1. The zero-order valence-corrected chi connectivity index (χ0v) is 14.0. The molecule has 1 aromatic heterocycles. The normalized spacial score (nSPS) is 17.6. The van der Waals surface area contributed by atoms with Gasteiger partial charge in [-0.2, -0.15) is 0 Å². The Hall–Kier alpha value is -2.27. The molecule has 0 radical (unpaired) electrons. The molecule has 2 aliphatic rings. The molecule has 1 amide bonds. The van der Waals surface area contributed by atoms with Crippen molar-refractivity contribution in [3.05, 3.63) is 53.0 Å². The van der Waals surface area contributed by atoms with Gasteiger partial charge in [0.05, 0.1) is 12.9 Å². The van der Waals surface area contributed by atoms with Crippen molar-refractivity contribution in [2.24, 2.45) is 0 Å². The van der Waals surface area contributed by atoms with Gasteiger partial charge in [-0.15, -0.1) is 0 Å². The minimum atomic E-state index is 0.00632. The van der Waals surface area contributed by atoms with Gasteiger partial charge in [0.2, 0.25) is 0 Å². The number of carbonyl (C=O) groups is 1. The van der Waals surface area contributed by atoms with Gasteiger partial charge in [-0.25, -0.2) is 0 Å². The van der Waals surface area contributed by atoms with Gasteiger partial charge in [0.15, 0.2) is 5.76 Å². The van der Waals surface area contributed by atoms with Gasteiger partial charge in [-0.1, -0.05) is 12.1 Å². The average molecular weight is 326 g/mol. The third kappa shape index (κ3) is 2.91. The van der Waals surface area contributed by atoms with E-state index >= 15 is 0 Å². The van der Waals surface area contributed by atoms with Crippen LogP contribution < -0.4 is 4.74 Å². The van der Waals surface area contributed by atoms with Gasteiger partial charge in [-0.3, -0.25) is 9.69 Å². The minimum Gasteiger partial charge on any atom is -0.493 e. The number of fused-ring (bicyclic) bond motifs is 1. The first-order chi connectivity index (χ1) is 11.7. The Balaban J connectivity index is 1.35. The van der Waals surface area contributed by atoms with E-state index in [1.54, 1.807) is 6.26 Å². The fourth-order valence-electron chi connectivity index (χ4n) is 3.44. The van der Waals surface area contributed by atoms with Crippen LogP contribution in [-0.2, 0) is 13.0 Å². The average Bonchev–Trinajstić information content (AvgIpc) is 3.23. The van der Waals surface area contributed by atoms with Gasteiger partial charge >= 0.3 is 0 Å². The molecule has 0 saturated carbocycles. The summed E-state index contributed by atoms with van der Waals surface area (Å²) in [6.07, 6.45) is 2.59. The minimum absolute atomic E-state index is 0.00632. The standard InChI is InChI=1S/C19H22N2O3/c1-14-4-10-24-18(14)19(22)21-8-6-20(7-9-21)13-15-2-3-17-16(12-15)5-11-23-17/h2-4,10,12H,5-9,11,13H2,1H3. The van der Waals surface area contributed by atoms with Crippen LogP contribution in [0.5, 0.6) is 5.75 Å². The molecule has 1 saturated heterocycles. The quantitative estimate of drug-likeness (QED) is 0.869. The van der Waals surface area contributed by atoms with Crippen LogP contribution in [0.4, 0.5) is 0 Å². The SMILES string of the molecule is Cc1ccoc1C(=O)N1CCN(Cc2ccc3c(c2)CCO3)CC1. The van der Waals surface area contributed by atoms with Gasteiger partial charge in [0.25, 0.3) is 5.91 Å². The lowest BCUT2D eigenvalue weighted by molar-refractivity contribution is 0.0597. The monoisotopic (exact) mass is 326 g/mol. The number of rotatable bonds is 3. The molecule has 0 unspecified atom stereocenters. The van der Waals surface area contributed by atoms with Crippen LogP contribution in [-0.4, -0.2) is 48.5 Å². The number of nitrogens with zero attached hydrogens (tertiary/aromatic N) is 2. The number of amides is 1. The van der Waals surface area contributed by atoms with Crippen molar-refractivity contribution in [2.45, 2.75) is 19.9 Å². The van der Waals surface area contributed by atoms with E-state index in [9.17, 15) is 4.79 Å². The highest BCUT2D eigenvalue weighted by molar-refractivity contribution is 5.92. The van der Waals surface area contributed by atoms with Crippen LogP contribution in [0.2, 0.25) is 0 Å². The maximum Gasteiger partial charge on any atom is 0.289 e. The van der Waals surface area contributed by atoms with Crippen molar-refractivity contribution in [1.82, 2.24) is 9.80 Å². The van der Waals surface area contributed by atoms with Crippen molar-refractivity contribution in [3.8, 4) is 5.75 Å². The summed E-state index contributed by atoms with van der Waals surface area (Å²) >= 11 is 0. The van der Waals surface area contributed by atoms with Crippen LogP contribution in [0.25, 0.3) is 0 Å². The zero-order chi connectivity index (χ0) is 16.5. The maximum atomic E-state index is 12.5. The molecule has 0 aliphatic carbocycles. The third-order valence-corrected chi connectivity index (χ3v) is 4.88. The van der Waals surface area contributed by atoms with E-state index in [0.717, 1.165) is 57.1 Å². The zero-order valence-electron chi connectivity index (χ0n) is 14.0. The molecule has 5 nitrogen and oxygen atoms in total. The molecule has 5 heteroatoms. The van der Waals surface area contributed by atoms with Crippen LogP contribution in [0, 0.1) is 6.92 Å². The predicted molar refractivity (Wildman–Crippen MR) is 90.3 cm³/mol. The number of hydrogen-bond acceptors (Lipinski definition) is 4.